The number of rotatable bonds is 2. The molecule has 0 atom stereocenters. The Morgan fingerprint density at radius 2 is 2.00 bits per heavy atom. The Balaban J connectivity index is 0.000000531. The maximum Gasteiger partial charge on any atom is 0.223 e. The summed E-state index contributed by atoms with van der Waals surface area (Å²) < 4.78 is 4.90. The minimum absolute atomic E-state index is 0.644. The van der Waals surface area contributed by atoms with E-state index in [0.717, 1.165) is 38.5 Å². The van der Waals surface area contributed by atoms with E-state index in [1.165, 1.54) is 0 Å². The van der Waals surface area contributed by atoms with E-state index < -0.39 is 0 Å². The first-order valence-electron chi connectivity index (χ1n) is 5.57. The molecule has 0 aromatic carbocycles. The summed E-state index contributed by atoms with van der Waals surface area (Å²) in [6, 6.07) is 0. The van der Waals surface area contributed by atoms with Crippen molar-refractivity contribution in [1.29, 1.82) is 0 Å². The molecular formula is C10H20N4O. The first-order chi connectivity index (χ1) is 7.34. The van der Waals surface area contributed by atoms with Crippen LogP contribution in [-0.2, 0) is 6.54 Å². The molecule has 0 bridgehead atoms. The highest BCUT2D eigenvalue weighted by atomic mass is 16.5. The minimum atomic E-state index is 0.644. The summed E-state index contributed by atoms with van der Waals surface area (Å²) in [5.41, 5.74) is 0. The fourth-order valence-corrected chi connectivity index (χ4v) is 1.47. The van der Waals surface area contributed by atoms with Crippen molar-refractivity contribution in [3.8, 4) is 0 Å². The van der Waals surface area contributed by atoms with Crippen LogP contribution in [0.4, 0.5) is 0 Å². The summed E-state index contributed by atoms with van der Waals surface area (Å²) >= 11 is 0. The van der Waals surface area contributed by atoms with Gasteiger partial charge < -0.3 is 9.84 Å². The number of hydrogen-bond acceptors (Lipinski definition) is 5. The lowest BCUT2D eigenvalue weighted by Gasteiger charge is -2.25. The minimum Gasteiger partial charge on any atom is -0.340 e. The molecule has 0 saturated carbocycles. The van der Waals surface area contributed by atoms with Crippen LogP contribution in [0.1, 0.15) is 25.6 Å². The standard InChI is InChI=1S/C8H14N4O.C2H6/c1-7-10-8(11-13-7)6-12-4-2-9-3-5-12;1-2/h9H,2-6H2,1H3;1-2H3. The third-order valence-electron chi connectivity index (χ3n) is 2.14. The van der Waals surface area contributed by atoms with Crippen molar-refractivity contribution in [2.24, 2.45) is 0 Å². The van der Waals surface area contributed by atoms with E-state index in [2.05, 4.69) is 20.4 Å². The number of aryl methyl sites for hydroxylation is 1. The predicted molar refractivity (Wildman–Crippen MR) is 58.5 cm³/mol. The fraction of sp³-hybridized carbons (Fsp3) is 0.800. The van der Waals surface area contributed by atoms with Crippen LogP contribution in [0.3, 0.4) is 0 Å². The smallest absolute Gasteiger partial charge is 0.223 e. The molecule has 1 aliphatic rings. The maximum atomic E-state index is 4.90. The van der Waals surface area contributed by atoms with Gasteiger partial charge in [0, 0.05) is 33.1 Å². The zero-order valence-corrected chi connectivity index (χ0v) is 9.79. The second-order valence-corrected chi connectivity index (χ2v) is 3.26. The highest BCUT2D eigenvalue weighted by Gasteiger charge is 2.12. The molecule has 0 radical (unpaired) electrons. The molecule has 0 spiro atoms. The Hall–Kier alpha value is -0.940. The number of aromatic nitrogens is 2. The highest BCUT2D eigenvalue weighted by molar-refractivity contribution is 4.84. The van der Waals surface area contributed by atoms with Gasteiger partial charge in [-0.05, 0) is 0 Å². The van der Waals surface area contributed by atoms with Gasteiger partial charge in [-0.3, -0.25) is 4.90 Å². The Bertz CT molecular complexity index is 268. The van der Waals surface area contributed by atoms with E-state index in [9.17, 15) is 0 Å². The predicted octanol–water partition coefficient (Wildman–Crippen LogP) is 0.809. The molecule has 1 aromatic rings. The van der Waals surface area contributed by atoms with Gasteiger partial charge in [0.15, 0.2) is 5.82 Å². The summed E-state index contributed by atoms with van der Waals surface area (Å²) in [6.45, 7) is 10.8. The van der Waals surface area contributed by atoms with Crippen LogP contribution >= 0.6 is 0 Å². The van der Waals surface area contributed by atoms with E-state index in [4.69, 9.17) is 4.52 Å². The van der Waals surface area contributed by atoms with E-state index in [1.807, 2.05) is 20.8 Å². The van der Waals surface area contributed by atoms with E-state index in [-0.39, 0.29) is 0 Å². The van der Waals surface area contributed by atoms with Gasteiger partial charge in [0.25, 0.3) is 0 Å². The normalized spacial score (nSPS) is 17.0. The molecule has 1 aromatic heterocycles. The molecule has 2 rings (SSSR count). The first-order valence-corrected chi connectivity index (χ1v) is 5.57. The zero-order chi connectivity index (χ0) is 11.1. The quantitative estimate of drug-likeness (QED) is 0.786. The maximum absolute atomic E-state index is 4.90. The molecule has 0 aliphatic carbocycles. The molecule has 0 unspecified atom stereocenters. The third-order valence-corrected chi connectivity index (χ3v) is 2.14. The number of hydrogen-bond donors (Lipinski definition) is 1. The summed E-state index contributed by atoms with van der Waals surface area (Å²) in [5, 5.41) is 7.16. The first kappa shape index (κ1) is 12.1. The lowest BCUT2D eigenvalue weighted by Crippen LogP contribution is -2.43. The zero-order valence-electron chi connectivity index (χ0n) is 9.79. The molecule has 1 saturated heterocycles. The third kappa shape index (κ3) is 3.97. The number of nitrogens with zero attached hydrogens (tertiary/aromatic N) is 3. The summed E-state index contributed by atoms with van der Waals surface area (Å²) in [5.74, 6) is 1.43. The monoisotopic (exact) mass is 212 g/mol. The van der Waals surface area contributed by atoms with Crippen LogP contribution < -0.4 is 5.32 Å². The summed E-state index contributed by atoms with van der Waals surface area (Å²) in [4.78, 5) is 6.49. The van der Waals surface area contributed by atoms with Crippen LogP contribution in [0.15, 0.2) is 4.52 Å². The summed E-state index contributed by atoms with van der Waals surface area (Å²) in [7, 11) is 0. The fourth-order valence-electron chi connectivity index (χ4n) is 1.47. The van der Waals surface area contributed by atoms with Gasteiger partial charge in [0.05, 0.1) is 6.54 Å². The van der Waals surface area contributed by atoms with Crippen molar-refractivity contribution in [3.63, 3.8) is 0 Å². The van der Waals surface area contributed by atoms with Gasteiger partial charge in [-0.15, -0.1) is 0 Å². The molecule has 15 heavy (non-hydrogen) atoms. The Kier molecular flexibility index (Phi) is 5.28. The van der Waals surface area contributed by atoms with Crippen LogP contribution in [0.2, 0.25) is 0 Å². The van der Waals surface area contributed by atoms with Crippen LogP contribution in [-0.4, -0.2) is 41.2 Å². The van der Waals surface area contributed by atoms with Crippen molar-refractivity contribution in [2.45, 2.75) is 27.3 Å². The van der Waals surface area contributed by atoms with E-state index in [0.29, 0.717) is 5.89 Å². The lowest BCUT2D eigenvalue weighted by atomic mass is 10.3. The van der Waals surface area contributed by atoms with Crippen LogP contribution in [0.5, 0.6) is 0 Å². The van der Waals surface area contributed by atoms with Gasteiger partial charge >= 0.3 is 0 Å². The number of piperazine rings is 1. The van der Waals surface area contributed by atoms with Crippen molar-refractivity contribution >= 4 is 0 Å². The van der Waals surface area contributed by atoms with Gasteiger partial charge in [0.2, 0.25) is 5.89 Å². The van der Waals surface area contributed by atoms with Gasteiger partial charge in [-0.25, -0.2) is 0 Å². The van der Waals surface area contributed by atoms with Crippen molar-refractivity contribution in [3.05, 3.63) is 11.7 Å². The Labute approximate surface area is 90.8 Å². The SMILES string of the molecule is CC.Cc1nc(CN2CCNCC2)no1. The molecule has 0 amide bonds. The average Bonchev–Trinajstić information content (AvgIpc) is 2.68. The Morgan fingerprint density at radius 1 is 1.33 bits per heavy atom. The largest absolute Gasteiger partial charge is 0.340 e. The van der Waals surface area contributed by atoms with E-state index in [1.54, 1.807) is 0 Å². The topological polar surface area (TPSA) is 54.2 Å². The lowest BCUT2D eigenvalue weighted by molar-refractivity contribution is 0.224. The molecular weight excluding hydrogens is 192 g/mol. The van der Waals surface area contributed by atoms with Gasteiger partial charge in [-0.1, -0.05) is 19.0 Å². The molecule has 2 heterocycles. The highest BCUT2D eigenvalue weighted by Crippen LogP contribution is 2.01. The van der Waals surface area contributed by atoms with Crippen molar-refractivity contribution in [2.75, 3.05) is 26.2 Å². The van der Waals surface area contributed by atoms with E-state index >= 15 is 0 Å². The molecule has 1 N–H and O–H groups in total. The van der Waals surface area contributed by atoms with Crippen molar-refractivity contribution in [1.82, 2.24) is 20.4 Å². The molecule has 86 valence electrons. The van der Waals surface area contributed by atoms with Crippen LogP contribution in [0.25, 0.3) is 0 Å². The van der Waals surface area contributed by atoms with Crippen molar-refractivity contribution < 1.29 is 4.52 Å². The average molecular weight is 212 g/mol. The van der Waals surface area contributed by atoms with Crippen LogP contribution in [0, 0.1) is 6.92 Å². The molecule has 1 aliphatic heterocycles. The summed E-state index contributed by atoms with van der Waals surface area (Å²) in [6.07, 6.45) is 0. The second kappa shape index (κ2) is 6.53. The van der Waals surface area contributed by atoms with Gasteiger partial charge in [-0.2, -0.15) is 4.98 Å². The Morgan fingerprint density at radius 3 is 2.53 bits per heavy atom. The molecule has 5 heteroatoms. The second-order valence-electron chi connectivity index (χ2n) is 3.26. The number of nitrogens with one attached hydrogen (secondary N) is 1. The molecule has 1 fully saturated rings. The van der Waals surface area contributed by atoms with Gasteiger partial charge in [0.1, 0.15) is 0 Å². The molecule has 5 nitrogen and oxygen atoms in total.